The molecule has 28 heavy (non-hydrogen) atoms. The number of hydrogen-bond acceptors (Lipinski definition) is 4. The van der Waals surface area contributed by atoms with Crippen molar-refractivity contribution in [2.24, 2.45) is 5.16 Å². The second kappa shape index (κ2) is 10.0. The molecule has 0 fully saturated rings. The summed E-state index contributed by atoms with van der Waals surface area (Å²) in [6.45, 7) is 3.86. The second-order valence-corrected chi connectivity index (χ2v) is 7.68. The van der Waals surface area contributed by atoms with Crippen LogP contribution in [0.3, 0.4) is 0 Å². The van der Waals surface area contributed by atoms with Gasteiger partial charge in [-0.25, -0.2) is 4.39 Å². The molecule has 1 aliphatic heterocycles. The lowest BCUT2D eigenvalue weighted by molar-refractivity contribution is 0.0305. The summed E-state index contributed by atoms with van der Waals surface area (Å²) in [6.07, 6.45) is 1.89. The molecule has 1 aliphatic rings. The zero-order valence-electron chi connectivity index (χ0n) is 16.0. The third-order valence-electron chi connectivity index (χ3n) is 4.78. The fraction of sp³-hybridized carbons (Fsp3) is 0.409. The van der Waals surface area contributed by atoms with Gasteiger partial charge in [0.2, 0.25) is 0 Å². The summed E-state index contributed by atoms with van der Waals surface area (Å²) < 4.78 is 13.2. The maximum absolute atomic E-state index is 13.2. The van der Waals surface area contributed by atoms with E-state index in [0.717, 1.165) is 29.7 Å². The summed E-state index contributed by atoms with van der Waals surface area (Å²) >= 11 is 5.95. The molecule has 6 heteroatoms. The van der Waals surface area contributed by atoms with E-state index in [4.69, 9.17) is 16.4 Å². The molecule has 0 saturated carbocycles. The van der Waals surface area contributed by atoms with Crippen LogP contribution in [0.2, 0.25) is 5.02 Å². The minimum atomic E-state index is -0.400. The van der Waals surface area contributed by atoms with Gasteiger partial charge in [-0.05, 0) is 41.8 Å². The fourth-order valence-corrected chi connectivity index (χ4v) is 3.53. The van der Waals surface area contributed by atoms with Gasteiger partial charge in [0.25, 0.3) is 0 Å². The number of aliphatic hydroxyl groups is 1. The monoisotopic (exact) mass is 404 g/mol. The average molecular weight is 405 g/mol. The highest BCUT2D eigenvalue weighted by Crippen LogP contribution is 2.20. The molecule has 0 aromatic heterocycles. The Bertz CT molecular complexity index is 780. The Hall–Kier alpha value is -1.95. The molecule has 0 bridgehead atoms. The molecule has 2 aromatic carbocycles. The van der Waals surface area contributed by atoms with E-state index in [1.807, 2.05) is 24.3 Å². The molecule has 0 spiro atoms. The molecule has 2 atom stereocenters. The number of oxime groups is 1. The Labute approximate surface area is 170 Å². The Morgan fingerprint density at radius 1 is 1.21 bits per heavy atom. The number of benzene rings is 2. The van der Waals surface area contributed by atoms with E-state index >= 15 is 0 Å². The predicted octanol–water partition coefficient (Wildman–Crippen LogP) is 4.64. The van der Waals surface area contributed by atoms with E-state index in [0.29, 0.717) is 31.1 Å². The maximum Gasteiger partial charge on any atom is 0.145 e. The molecule has 2 aromatic rings. The van der Waals surface area contributed by atoms with Crippen molar-refractivity contribution in [2.75, 3.05) is 13.1 Å². The molecule has 4 nitrogen and oxygen atoms in total. The smallest absolute Gasteiger partial charge is 0.145 e. The van der Waals surface area contributed by atoms with Crippen molar-refractivity contribution in [2.45, 2.75) is 44.9 Å². The summed E-state index contributed by atoms with van der Waals surface area (Å²) in [5.74, 6) is -0.249. The molecule has 3 rings (SSSR count). The van der Waals surface area contributed by atoms with Crippen molar-refractivity contribution in [3.8, 4) is 0 Å². The first-order valence-electron chi connectivity index (χ1n) is 9.67. The SMILES string of the molecule is CCC[C@H](O)CN(Cc1ccc(F)cc1)C[C@H]1CC(c2ccc(Cl)cc2)=NO1. The molecular weight excluding hydrogens is 379 g/mol. The number of nitrogens with zero attached hydrogens (tertiary/aromatic N) is 2. The molecule has 150 valence electrons. The summed E-state index contributed by atoms with van der Waals surface area (Å²) in [6, 6.07) is 14.0. The lowest BCUT2D eigenvalue weighted by atomic mass is 10.0. The summed E-state index contributed by atoms with van der Waals surface area (Å²) in [5.41, 5.74) is 2.91. The molecule has 0 aliphatic carbocycles. The zero-order valence-corrected chi connectivity index (χ0v) is 16.8. The second-order valence-electron chi connectivity index (χ2n) is 7.24. The first kappa shape index (κ1) is 20.8. The van der Waals surface area contributed by atoms with Crippen LogP contribution in [0.4, 0.5) is 4.39 Å². The summed E-state index contributed by atoms with van der Waals surface area (Å²) in [7, 11) is 0. The van der Waals surface area contributed by atoms with E-state index in [-0.39, 0.29) is 11.9 Å². The first-order valence-corrected chi connectivity index (χ1v) is 10.0. The Balaban J connectivity index is 1.62. The molecular formula is C22H26ClFN2O2. The Kier molecular flexibility index (Phi) is 7.43. The highest BCUT2D eigenvalue weighted by molar-refractivity contribution is 6.30. The van der Waals surface area contributed by atoms with E-state index < -0.39 is 6.10 Å². The fourth-order valence-electron chi connectivity index (χ4n) is 3.40. The van der Waals surface area contributed by atoms with Gasteiger partial charge in [0.15, 0.2) is 0 Å². The van der Waals surface area contributed by atoms with Gasteiger partial charge in [0.1, 0.15) is 11.9 Å². The van der Waals surface area contributed by atoms with E-state index in [9.17, 15) is 9.50 Å². The third kappa shape index (κ3) is 6.03. The Morgan fingerprint density at radius 3 is 2.61 bits per heavy atom. The maximum atomic E-state index is 13.2. The van der Waals surface area contributed by atoms with Crippen LogP contribution in [0.5, 0.6) is 0 Å². The van der Waals surface area contributed by atoms with Crippen molar-refractivity contribution in [3.05, 3.63) is 70.5 Å². The van der Waals surface area contributed by atoms with Crippen molar-refractivity contribution >= 4 is 17.3 Å². The van der Waals surface area contributed by atoms with Crippen LogP contribution in [0, 0.1) is 5.82 Å². The molecule has 0 unspecified atom stereocenters. The van der Waals surface area contributed by atoms with Gasteiger partial charge in [-0.1, -0.05) is 54.4 Å². The van der Waals surface area contributed by atoms with E-state index in [1.54, 1.807) is 12.1 Å². The lowest BCUT2D eigenvalue weighted by Crippen LogP contribution is -2.37. The van der Waals surface area contributed by atoms with Crippen LogP contribution < -0.4 is 0 Å². The van der Waals surface area contributed by atoms with Crippen LogP contribution >= 0.6 is 11.6 Å². The minimum Gasteiger partial charge on any atom is -0.392 e. The van der Waals surface area contributed by atoms with Crippen molar-refractivity contribution in [1.29, 1.82) is 0 Å². The molecule has 1 heterocycles. The van der Waals surface area contributed by atoms with Crippen LogP contribution in [0.25, 0.3) is 0 Å². The predicted molar refractivity (Wildman–Crippen MR) is 110 cm³/mol. The average Bonchev–Trinajstić information content (AvgIpc) is 3.13. The standard InChI is InChI=1S/C22H26ClFN2O2/c1-2-3-20(27)14-26(13-16-4-10-19(24)11-5-16)15-21-12-22(25-28-21)17-6-8-18(23)9-7-17/h4-11,20-21,27H,2-3,12-15H2,1H3/t20-,21+/m0/s1. The molecule has 0 saturated heterocycles. The van der Waals surface area contributed by atoms with Gasteiger partial charge >= 0.3 is 0 Å². The number of halogens is 2. The van der Waals surface area contributed by atoms with Gasteiger partial charge in [-0.15, -0.1) is 0 Å². The molecule has 1 N–H and O–H groups in total. The van der Waals surface area contributed by atoms with Gasteiger partial charge in [0.05, 0.1) is 11.8 Å². The van der Waals surface area contributed by atoms with Gasteiger partial charge in [0, 0.05) is 31.1 Å². The van der Waals surface area contributed by atoms with Gasteiger partial charge < -0.3 is 9.94 Å². The van der Waals surface area contributed by atoms with E-state index in [1.165, 1.54) is 12.1 Å². The highest BCUT2D eigenvalue weighted by Gasteiger charge is 2.25. The van der Waals surface area contributed by atoms with Gasteiger partial charge in [-0.3, -0.25) is 4.90 Å². The Morgan fingerprint density at radius 2 is 1.93 bits per heavy atom. The van der Waals surface area contributed by atoms with Crippen LogP contribution in [0.15, 0.2) is 53.7 Å². The van der Waals surface area contributed by atoms with Crippen LogP contribution in [-0.4, -0.2) is 41.0 Å². The third-order valence-corrected chi connectivity index (χ3v) is 5.03. The van der Waals surface area contributed by atoms with Crippen molar-refractivity contribution in [3.63, 3.8) is 0 Å². The molecule has 0 radical (unpaired) electrons. The highest BCUT2D eigenvalue weighted by atomic mass is 35.5. The van der Waals surface area contributed by atoms with E-state index in [2.05, 4.69) is 17.0 Å². The topological polar surface area (TPSA) is 45.1 Å². The van der Waals surface area contributed by atoms with Crippen molar-refractivity contribution in [1.82, 2.24) is 4.90 Å². The lowest BCUT2D eigenvalue weighted by Gasteiger charge is -2.27. The normalized spacial score (nSPS) is 17.5. The number of aliphatic hydroxyl groups excluding tert-OH is 1. The number of hydrogen-bond donors (Lipinski definition) is 1. The van der Waals surface area contributed by atoms with Crippen molar-refractivity contribution < 1.29 is 14.3 Å². The quantitative estimate of drug-likeness (QED) is 0.662. The van der Waals surface area contributed by atoms with Crippen LogP contribution in [-0.2, 0) is 11.4 Å². The first-order chi connectivity index (χ1) is 13.5. The largest absolute Gasteiger partial charge is 0.392 e. The van der Waals surface area contributed by atoms with Gasteiger partial charge in [-0.2, -0.15) is 0 Å². The molecule has 0 amide bonds. The summed E-state index contributed by atoms with van der Waals surface area (Å²) in [4.78, 5) is 7.80. The minimum absolute atomic E-state index is 0.0834. The summed E-state index contributed by atoms with van der Waals surface area (Å²) in [5, 5.41) is 15.2. The number of rotatable bonds is 9. The zero-order chi connectivity index (χ0) is 19.9. The van der Waals surface area contributed by atoms with Crippen LogP contribution in [0.1, 0.15) is 37.3 Å².